The maximum atomic E-state index is 2.75. The van der Waals surface area contributed by atoms with Gasteiger partial charge in [-0.05, 0) is 34.6 Å². The maximum absolute atomic E-state index is 2.75. The molecule has 0 aliphatic carbocycles. The minimum absolute atomic E-state index is 1.02. The highest BCUT2D eigenvalue weighted by Crippen LogP contribution is 2.21. The third kappa shape index (κ3) is 11.8. The van der Waals surface area contributed by atoms with Crippen molar-refractivity contribution >= 4 is 18.5 Å². The van der Waals surface area contributed by atoms with E-state index >= 15 is 0 Å². The molecule has 0 bridgehead atoms. The predicted octanol–water partition coefficient (Wildman–Crippen LogP) is 8.21. The SMILES string of the molecule is CC.CC.CC.CC.PCc1ccc(-c2ccc(CP)cc2)cc1. The molecule has 2 unspecified atom stereocenters. The highest BCUT2D eigenvalue weighted by atomic mass is 31.0. The van der Waals surface area contributed by atoms with Gasteiger partial charge in [-0.15, -0.1) is 18.5 Å². The molecule has 138 valence electrons. The standard InChI is InChI=1S/C14H16P2.4C2H6/c15-9-11-1-5-13(6-2-11)14-7-3-12(10-16)4-8-14;4*1-2/h1-8H,9-10,15-16H2;4*1-2H3. The normalized spacial score (nSPS) is 7.92. The van der Waals surface area contributed by atoms with E-state index in [1.807, 2.05) is 55.4 Å². The van der Waals surface area contributed by atoms with Crippen LogP contribution in [0.25, 0.3) is 11.1 Å². The molecule has 2 aromatic rings. The smallest absolute Gasteiger partial charge is 0.0128 e. The molecule has 0 nitrogen and oxygen atoms in total. The zero-order valence-electron chi connectivity index (χ0n) is 17.2. The summed E-state index contributed by atoms with van der Waals surface area (Å²) in [6.45, 7) is 16.0. The molecular weight excluding hydrogens is 326 g/mol. The topological polar surface area (TPSA) is 0 Å². The Morgan fingerprint density at radius 2 is 0.667 bits per heavy atom. The van der Waals surface area contributed by atoms with E-state index in [1.54, 1.807) is 0 Å². The first-order valence-electron chi connectivity index (χ1n) is 9.42. The van der Waals surface area contributed by atoms with Crippen LogP contribution in [-0.4, -0.2) is 0 Å². The Balaban J connectivity index is -0.000000484. The minimum atomic E-state index is 1.02. The van der Waals surface area contributed by atoms with Crippen molar-refractivity contribution in [1.29, 1.82) is 0 Å². The van der Waals surface area contributed by atoms with Gasteiger partial charge in [0, 0.05) is 0 Å². The molecule has 0 N–H and O–H groups in total. The summed E-state index contributed by atoms with van der Waals surface area (Å²) in [5.74, 6) is 0. The summed E-state index contributed by atoms with van der Waals surface area (Å²) in [7, 11) is 5.50. The van der Waals surface area contributed by atoms with E-state index in [9.17, 15) is 0 Å². The van der Waals surface area contributed by atoms with Gasteiger partial charge in [-0.1, -0.05) is 104 Å². The predicted molar refractivity (Wildman–Crippen MR) is 124 cm³/mol. The lowest BCUT2D eigenvalue weighted by atomic mass is 10.0. The summed E-state index contributed by atoms with van der Waals surface area (Å²) >= 11 is 0. The summed E-state index contributed by atoms with van der Waals surface area (Å²) < 4.78 is 0. The van der Waals surface area contributed by atoms with E-state index in [1.165, 1.54) is 22.3 Å². The van der Waals surface area contributed by atoms with Gasteiger partial charge in [0.25, 0.3) is 0 Å². The molecule has 0 saturated heterocycles. The monoisotopic (exact) mass is 366 g/mol. The second-order valence-corrected chi connectivity index (χ2v) is 4.62. The van der Waals surface area contributed by atoms with Crippen LogP contribution in [-0.2, 0) is 12.3 Å². The van der Waals surface area contributed by atoms with Gasteiger partial charge in [-0.3, -0.25) is 0 Å². The molecule has 0 spiro atoms. The van der Waals surface area contributed by atoms with Crippen molar-refractivity contribution in [1.82, 2.24) is 0 Å². The molecule has 2 heteroatoms. The van der Waals surface area contributed by atoms with Crippen LogP contribution < -0.4 is 0 Å². The molecule has 0 amide bonds. The lowest BCUT2D eigenvalue weighted by Crippen LogP contribution is -1.81. The van der Waals surface area contributed by atoms with Crippen molar-refractivity contribution in [3.63, 3.8) is 0 Å². The summed E-state index contributed by atoms with van der Waals surface area (Å²) in [5.41, 5.74) is 5.29. The molecule has 2 atom stereocenters. The molecule has 2 rings (SSSR count). The van der Waals surface area contributed by atoms with Crippen LogP contribution in [0.15, 0.2) is 48.5 Å². The molecule has 24 heavy (non-hydrogen) atoms. The van der Waals surface area contributed by atoms with Gasteiger partial charge < -0.3 is 0 Å². The first-order valence-corrected chi connectivity index (χ1v) is 11.0. The van der Waals surface area contributed by atoms with Crippen molar-refractivity contribution in [2.75, 3.05) is 0 Å². The lowest BCUT2D eigenvalue weighted by molar-refractivity contribution is 1.40. The van der Waals surface area contributed by atoms with Crippen LogP contribution in [0.2, 0.25) is 0 Å². The molecule has 0 heterocycles. The highest BCUT2D eigenvalue weighted by molar-refractivity contribution is 7.15. The van der Waals surface area contributed by atoms with Gasteiger partial charge in [0.2, 0.25) is 0 Å². The number of benzene rings is 2. The van der Waals surface area contributed by atoms with E-state index in [4.69, 9.17) is 0 Å². The zero-order chi connectivity index (χ0) is 19.4. The van der Waals surface area contributed by atoms with Gasteiger partial charge >= 0.3 is 0 Å². The van der Waals surface area contributed by atoms with Gasteiger partial charge in [-0.25, -0.2) is 0 Å². The Hall–Kier alpha value is -0.700. The Morgan fingerprint density at radius 3 is 0.833 bits per heavy atom. The van der Waals surface area contributed by atoms with E-state index in [-0.39, 0.29) is 0 Å². The van der Waals surface area contributed by atoms with Gasteiger partial charge in [0.15, 0.2) is 0 Å². The Labute approximate surface area is 157 Å². The van der Waals surface area contributed by atoms with Crippen LogP contribution in [0.1, 0.15) is 66.5 Å². The van der Waals surface area contributed by atoms with Crippen LogP contribution >= 0.6 is 18.5 Å². The fourth-order valence-electron chi connectivity index (χ4n) is 1.67. The molecular formula is C22H40P2. The van der Waals surface area contributed by atoms with E-state index in [0.717, 1.165) is 12.3 Å². The second kappa shape index (κ2) is 22.3. The van der Waals surface area contributed by atoms with Crippen LogP contribution in [0.3, 0.4) is 0 Å². The molecule has 0 fully saturated rings. The lowest BCUT2D eigenvalue weighted by Gasteiger charge is -2.04. The quantitative estimate of drug-likeness (QED) is 0.480. The van der Waals surface area contributed by atoms with Gasteiger partial charge in [0.05, 0.1) is 0 Å². The van der Waals surface area contributed by atoms with Crippen molar-refractivity contribution in [3.05, 3.63) is 59.7 Å². The van der Waals surface area contributed by atoms with Crippen molar-refractivity contribution < 1.29 is 0 Å². The molecule has 0 aromatic heterocycles. The Bertz CT molecular complexity index is 399. The number of hydrogen-bond acceptors (Lipinski definition) is 0. The summed E-state index contributed by atoms with van der Waals surface area (Å²) in [5, 5.41) is 0. The second-order valence-electron chi connectivity index (χ2n) is 3.80. The third-order valence-corrected chi connectivity index (χ3v) is 3.66. The first kappa shape index (κ1) is 28.1. The fraction of sp³-hybridized carbons (Fsp3) is 0.455. The largest absolute Gasteiger partial charge is 0.133 e. The molecule has 0 aliphatic rings. The molecule has 2 aromatic carbocycles. The van der Waals surface area contributed by atoms with E-state index < -0.39 is 0 Å². The summed E-state index contributed by atoms with van der Waals surface area (Å²) in [4.78, 5) is 0. The van der Waals surface area contributed by atoms with Crippen LogP contribution in [0.5, 0.6) is 0 Å². The van der Waals surface area contributed by atoms with Crippen LogP contribution in [0.4, 0.5) is 0 Å². The third-order valence-electron chi connectivity index (χ3n) is 2.71. The minimum Gasteiger partial charge on any atom is -0.133 e. The molecule has 0 aliphatic heterocycles. The summed E-state index contributed by atoms with van der Waals surface area (Å²) in [6, 6.07) is 17.5. The Kier molecular flexibility index (Phi) is 26.1. The van der Waals surface area contributed by atoms with Crippen LogP contribution in [0, 0.1) is 0 Å². The fourth-order valence-corrected chi connectivity index (χ4v) is 2.21. The average molecular weight is 367 g/mol. The summed E-state index contributed by atoms with van der Waals surface area (Å²) in [6.07, 6.45) is 2.04. The molecule has 0 saturated carbocycles. The molecule has 0 radical (unpaired) electrons. The number of rotatable bonds is 3. The van der Waals surface area contributed by atoms with E-state index in [0.29, 0.717) is 0 Å². The van der Waals surface area contributed by atoms with Crippen molar-refractivity contribution in [2.45, 2.75) is 67.7 Å². The van der Waals surface area contributed by atoms with Crippen molar-refractivity contribution in [3.8, 4) is 11.1 Å². The highest BCUT2D eigenvalue weighted by Gasteiger charge is 1.97. The van der Waals surface area contributed by atoms with E-state index in [2.05, 4.69) is 67.0 Å². The van der Waals surface area contributed by atoms with Crippen molar-refractivity contribution in [2.24, 2.45) is 0 Å². The first-order chi connectivity index (χ1) is 11.8. The van der Waals surface area contributed by atoms with Gasteiger partial charge in [0.1, 0.15) is 0 Å². The number of hydrogen-bond donors (Lipinski definition) is 0. The zero-order valence-corrected chi connectivity index (χ0v) is 19.5. The average Bonchev–Trinajstić information content (AvgIpc) is 2.74. The van der Waals surface area contributed by atoms with Gasteiger partial charge in [-0.2, -0.15) is 0 Å². The Morgan fingerprint density at radius 1 is 0.458 bits per heavy atom. The maximum Gasteiger partial charge on any atom is -0.0128 e.